The molecule has 0 aromatic heterocycles. The number of benzene rings is 1. The number of halogens is 1. The molecule has 19 heavy (non-hydrogen) atoms. The molecule has 0 bridgehead atoms. The smallest absolute Gasteiger partial charge is 0.243 e. The monoisotopic (exact) mass is 300 g/mol. The number of nitrogens with one attached hydrogen (secondary N) is 1. The predicted octanol–water partition coefficient (Wildman–Crippen LogP) is 1.71. The first kappa shape index (κ1) is 13.4. The summed E-state index contributed by atoms with van der Waals surface area (Å²) < 4.78 is 26.7. The van der Waals surface area contributed by atoms with Crippen LogP contribution in [-0.4, -0.2) is 38.4 Å². The van der Waals surface area contributed by atoms with Gasteiger partial charge >= 0.3 is 0 Å². The molecule has 2 aliphatic heterocycles. The highest BCUT2D eigenvalue weighted by molar-refractivity contribution is 7.89. The Morgan fingerprint density at radius 1 is 1.32 bits per heavy atom. The molecule has 0 aliphatic carbocycles. The Labute approximate surface area is 118 Å². The fourth-order valence-electron chi connectivity index (χ4n) is 2.98. The molecule has 1 N–H and O–H groups in total. The van der Waals surface area contributed by atoms with Crippen LogP contribution < -0.4 is 5.32 Å². The zero-order valence-corrected chi connectivity index (χ0v) is 12.1. The van der Waals surface area contributed by atoms with Crippen LogP contribution in [0, 0.1) is 5.92 Å². The molecule has 104 valence electrons. The van der Waals surface area contributed by atoms with E-state index >= 15 is 0 Å². The normalized spacial score (nSPS) is 28.3. The lowest BCUT2D eigenvalue weighted by molar-refractivity contribution is 0.339. The van der Waals surface area contributed by atoms with Crippen LogP contribution in [0.15, 0.2) is 29.2 Å². The molecule has 0 unspecified atom stereocenters. The maximum absolute atomic E-state index is 12.6. The van der Waals surface area contributed by atoms with Gasteiger partial charge in [0, 0.05) is 24.2 Å². The summed E-state index contributed by atoms with van der Waals surface area (Å²) in [5.74, 6) is 0.447. The molecule has 2 fully saturated rings. The van der Waals surface area contributed by atoms with Crippen LogP contribution in [0.3, 0.4) is 0 Å². The minimum absolute atomic E-state index is 0.290. The van der Waals surface area contributed by atoms with Crippen LogP contribution in [0.4, 0.5) is 0 Å². The van der Waals surface area contributed by atoms with Crippen molar-refractivity contribution in [3.8, 4) is 0 Å². The van der Waals surface area contributed by atoms with Crippen molar-refractivity contribution >= 4 is 21.6 Å². The summed E-state index contributed by atoms with van der Waals surface area (Å²) in [5.41, 5.74) is 0. The summed E-state index contributed by atoms with van der Waals surface area (Å²) in [6.07, 6.45) is 2.24. The van der Waals surface area contributed by atoms with E-state index in [2.05, 4.69) is 5.32 Å². The van der Waals surface area contributed by atoms with Gasteiger partial charge < -0.3 is 5.32 Å². The lowest BCUT2D eigenvalue weighted by atomic mass is 9.94. The van der Waals surface area contributed by atoms with Gasteiger partial charge in [-0.15, -0.1) is 0 Å². The van der Waals surface area contributed by atoms with Crippen LogP contribution in [-0.2, 0) is 10.0 Å². The van der Waals surface area contributed by atoms with Crippen molar-refractivity contribution in [1.29, 1.82) is 0 Å². The summed E-state index contributed by atoms with van der Waals surface area (Å²) >= 11 is 5.88. The lowest BCUT2D eigenvalue weighted by Crippen LogP contribution is -2.41. The summed E-state index contributed by atoms with van der Waals surface area (Å²) in [7, 11) is -3.41. The molecule has 2 atom stereocenters. The van der Waals surface area contributed by atoms with Crippen LogP contribution in [0.2, 0.25) is 5.02 Å². The second-order valence-corrected chi connectivity index (χ2v) is 7.62. The van der Waals surface area contributed by atoms with Crippen molar-refractivity contribution < 1.29 is 8.42 Å². The Hall–Kier alpha value is -0.620. The Kier molecular flexibility index (Phi) is 3.55. The molecular weight excluding hydrogens is 284 g/mol. The summed E-state index contributed by atoms with van der Waals surface area (Å²) in [6, 6.07) is 6.80. The number of sulfonamides is 1. The highest BCUT2D eigenvalue weighted by Gasteiger charge is 2.40. The van der Waals surface area contributed by atoms with E-state index in [1.807, 2.05) is 0 Å². The van der Waals surface area contributed by atoms with Gasteiger partial charge in [-0.05, 0) is 43.5 Å². The number of nitrogens with zero attached hydrogens (tertiary/aromatic N) is 1. The van der Waals surface area contributed by atoms with E-state index in [1.165, 1.54) is 6.07 Å². The molecule has 2 heterocycles. The highest BCUT2D eigenvalue weighted by atomic mass is 35.5. The lowest BCUT2D eigenvalue weighted by Gasteiger charge is -2.24. The second-order valence-electron chi connectivity index (χ2n) is 5.24. The number of fused-ring (bicyclic) bond motifs is 1. The summed E-state index contributed by atoms with van der Waals surface area (Å²) in [5, 5.41) is 3.87. The molecule has 6 heteroatoms. The number of piperidine rings is 1. The first-order valence-corrected chi connectivity index (χ1v) is 8.38. The van der Waals surface area contributed by atoms with E-state index in [0.29, 0.717) is 35.0 Å². The number of hydrogen-bond acceptors (Lipinski definition) is 3. The van der Waals surface area contributed by atoms with Crippen LogP contribution in [0.5, 0.6) is 0 Å². The van der Waals surface area contributed by atoms with Crippen molar-refractivity contribution in [2.24, 2.45) is 5.92 Å². The third-order valence-electron chi connectivity index (χ3n) is 4.00. The molecular formula is C13H17ClN2O2S. The van der Waals surface area contributed by atoms with Gasteiger partial charge in [0.2, 0.25) is 10.0 Å². The third kappa shape index (κ3) is 2.52. The van der Waals surface area contributed by atoms with Crippen molar-refractivity contribution in [3.05, 3.63) is 29.3 Å². The standard InChI is InChI=1S/C13H17ClN2O2S/c14-11-4-1-5-12(7-11)19(17,18)16-8-10-3-2-6-15-13(10)9-16/h1,4-5,7,10,13,15H,2-3,6,8-9H2/t10-,13+/m0/s1. The summed E-state index contributed by atoms with van der Waals surface area (Å²) in [6.45, 7) is 2.18. The predicted molar refractivity (Wildman–Crippen MR) is 74.7 cm³/mol. The molecule has 0 saturated carbocycles. The molecule has 1 aromatic rings. The maximum atomic E-state index is 12.6. The zero-order valence-electron chi connectivity index (χ0n) is 10.5. The largest absolute Gasteiger partial charge is 0.312 e. The average molecular weight is 301 g/mol. The van der Waals surface area contributed by atoms with Gasteiger partial charge in [-0.3, -0.25) is 0 Å². The van der Waals surface area contributed by atoms with Gasteiger partial charge in [-0.2, -0.15) is 4.31 Å². The van der Waals surface area contributed by atoms with Crippen molar-refractivity contribution in [1.82, 2.24) is 9.62 Å². The van der Waals surface area contributed by atoms with Crippen molar-refractivity contribution in [2.45, 2.75) is 23.8 Å². The third-order valence-corrected chi connectivity index (χ3v) is 6.06. The summed E-state index contributed by atoms with van der Waals surface area (Å²) in [4.78, 5) is 0.290. The maximum Gasteiger partial charge on any atom is 0.243 e. The van der Waals surface area contributed by atoms with E-state index in [9.17, 15) is 8.42 Å². The molecule has 0 radical (unpaired) electrons. The number of hydrogen-bond donors (Lipinski definition) is 1. The topological polar surface area (TPSA) is 49.4 Å². The van der Waals surface area contributed by atoms with E-state index in [1.54, 1.807) is 22.5 Å². The van der Waals surface area contributed by atoms with E-state index in [-0.39, 0.29) is 0 Å². The van der Waals surface area contributed by atoms with Gasteiger partial charge in [0.25, 0.3) is 0 Å². The first-order chi connectivity index (χ1) is 9.07. The van der Waals surface area contributed by atoms with Gasteiger partial charge in [-0.1, -0.05) is 17.7 Å². The quantitative estimate of drug-likeness (QED) is 0.904. The van der Waals surface area contributed by atoms with Crippen molar-refractivity contribution in [2.75, 3.05) is 19.6 Å². The minimum Gasteiger partial charge on any atom is -0.312 e. The Bertz CT molecular complexity index is 562. The minimum atomic E-state index is -3.41. The first-order valence-electron chi connectivity index (χ1n) is 6.56. The fourth-order valence-corrected chi connectivity index (χ4v) is 4.80. The molecule has 0 spiro atoms. The Morgan fingerprint density at radius 3 is 2.89 bits per heavy atom. The van der Waals surface area contributed by atoms with Crippen LogP contribution in [0.25, 0.3) is 0 Å². The molecule has 1 aromatic carbocycles. The van der Waals surface area contributed by atoms with E-state index in [0.717, 1.165) is 19.4 Å². The number of rotatable bonds is 2. The van der Waals surface area contributed by atoms with Crippen molar-refractivity contribution in [3.63, 3.8) is 0 Å². The zero-order chi connectivity index (χ0) is 13.5. The van der Waals surface area contributed by atoms with Gasteiger partial charge in [0.15, 0.2) is 0 Å². The second kappa shape index (κ2) is 5.05. The molecule has 3 rings (SSSR count). The van der Waals surface area contributed by atoms with Gasteiger partial charge in [0.1, 0.15) is 0 Å². The van der Waals surface area contributed by atoms with Crippen LogP contribution in [0.1, 0.15) is 12.8 Å². The molecule has 2 aliphatic rings. The highest BCUT2D eigenvalue weighted by Crippen LogP contribution is 2.29. The molecule has 2 saturated heterocycles. The van der Waals surface area contributed by atoms with Crippen LogP contribution >= 0.6 is 11.6 Å². The SMILES string of the molecule is O=S(=O)(c1cccc(Cl)c1)N1C[C@@H]2CCCN[C@@H]2C1. The average Bonchev–Trinajstić information content (AvgIpc) is 2.83. The van der Waals surface area contributed by atoms with E-state index < -0.39 is 10.0 Å². The Balaban J connectivity index is 1.85. The van der Waals surface area contributed by atoms with Gasteiger partial charge in [0.05, 0.1) is 4.90 Å². The molecule has 4 nitrogen and oxygen atoms in total. The van der Waals surface area contributed by atoms with Gasteiger partial charge in [-0.25, -0.2) is 8.42 Å². The molecule has 0 amide bonds. The fraction of sp³-hybridized carbons (Fsp3) is 0.538. The Morgan fingerprint density at radius 2 is 2.16 bits per heavy atom. The van der Waals surface area contributed by atoms with E-state index in [4.69, 9.17) is 11.6 Å².